The maximum atomic E-state index is 12.7. The average Bonchev–Trinajstić information content (AvgIpc) is 3.48. The van der Waals surface area contributed by atoms with Crippen molar-refractivity contribution < 1.29 is 14.2 Å². The van der Waals surface area contributed by atoms with Gasteiger partial charge in [0.05, 0.1) is 41.4 Å². The first-order valence-corrected chi connectivity index (χ1v) is 10.8. The van der Waals surface area contributed by atoms with Gasteiger partial charge in [0.15, 0.2) is 5.69 Å². The molecule has 3 heterocycles. The van der Waals surface area contributed by atoms with Gasteiger partial charge >= 0.3 is 0 Å². The van der Waals surface area contributed by atoms with E-state index in [4.69, 9.17) is 10.5 Å². The molecule has 0 spiro atoms. The molecule has 0 radical (unpaired) electrons. The van der Waals surface area contributed by atoms with Gasteiger partial charge in [-0.3, -0.25) is 9.48 Å². The Kier molecular flexibility index (Phi) is 6.40. The van der Waals surface area contributed by atoms with Crippen LogP contribution in [0.1, 0.15) is 38.7 Å². The zero-order valence-corrected chi connectivity index (χ0v) is 20.4. The molecule has 14 heteroatoms. The molecule has 4 rings (SSSR count). The average molecular weight is 529 g/mol. The zero-order chi connectivity index (χ0) is 24.4. The molecule has 34 heavy (non-hydrogen) atoms. The predicted molar refractivity (Wildman–Crippen MR) is 125 cm³/mol. The van der Waals surface area contributed by atoms with Gasteiger partial charge in [-0.15, -0.1) is 5.10 Å². The van der Waals surface area contributed by atoms with E-state index in [9.17, 15) is 4.79 Å². The van der Waals surface area contributed by atoms with Crippen molar-refractivity contribution in [1.82, 2.24) is 40.5 Å². The minimum absolute atomic E-state index is 0.0251. The van der Waals surface area contributed by atoms with Crippen molar-refractivity contribution in [3.05, 3.63) is 56.6 Å². The molecule has 176 valence electrons. The Morgan fingerprint density at radius 3 is 2.74 bits per heavy atom. The fraction of sp³-hybridized carbons (Fsp3) is 0.250. The van der Waals surface area contributed by atoms with Crippen molar-refractivity contribution in [2.24, 2.45) is 5.10 Å². The van der Waals surface area contributed by atoms with Gasteiger partial charge in [-0.2, -0.15) is 14.9 Å². The highest BCUT2D eigenvalue weighted by atomic mass is 79.9. The number of aromatic nitrogens is 7. The van der Waals surface area contributed by atoms with E-state index in [0.717, 1.165) is 31.7 Å². The quantitative estimate of drug-likeness (QED) is 0.269. The molecule has 0 fully saturated rings. The number of ether oxygens (including phenoxy) is 1. The Morgan fingerprint density at radius 1 is 1.29 bits per heavy atom. The van der Waals surface area contributed by atoms with Crippen LogP contribution in [0.25, 0.3) is 5.82 Å². The highest BCUT2D eigenvalue weighted by Crippen LogP contribution is 2.24. The lowest BCUT2D eigenvalue weighted by molar-refractivity contribution is 0.0946. The molecule has 1 aromatic carbocycles. The smallest absolute Gasteiger partial charge is 0.292 e. The van der Waals surface area contributed by atoms with Crippen molar-refractivity contribution in [3.8, 4) is 11.6 Å². The van der Waals surface area contributed by atoms with Gasteiger partial charge in [0.2, 0.25) is 11.6 Å². The van der Waals surface area contributed by atoms with E-state index in [0.29, 0.717) is 18.0 Å². The summed E-state index contributed by atoms with van der Waals surface area (Å²) >= 11 is 3.55. The number of halogens is 1. The zero-order valence-electron chi connectivity index (χ0n) is 18.8. The van der Waals surface area contributed by atoms with E-state index in [1.165, 1.54) is 6.21 Å². The van der Waals surface area contributed by atoms with Crippen LogP contribution in [0.5, 0.6) is 5.75 Å². The standard InChI is InChI=1S/C20H21BrN10O3/c1-10-16(21)12(3)30(26-10)9-14-7-13(5-6-15(14)33-4)8-23-25-20(32)17-11(2)24-29-31(17)19-18(22)27-34-28-19/h5-8H,9H2,1-4H3,(H2,22,27)(H,25,32)/b23-8-. The lowest BCUT2D eigenvalue weighted by Crippen LogP contribution is -2.22. The SMILES string of the molecule is COc1ccc(/C=N\NC(=O)c2c(C)nnn2-c2nonc2N)cc1Cn1nc(C)c(Br)c1C. The molecule has 0 aliphatic heterocycles. The number of anilines is 1. The molecule has 0 aliphatic carbocycles. The third kappa shape index (κ3) is 4.39. The van der Waals surface area contributed by atoms with Crippen LogP contribution in [0.15, 0.2) is 32.4 Å². The molecule has 3 aromatic heterocycles. The van der Waals surface area contributed by atoms with E-state index < -0.39 is 5.91 Å². The first kappa shape index (κ1) is 23.1. The second-order valence-corrected chi connectivity index (χ2v) is 8.11. The molecular weight excluding hydrogens is 508 g/mol. The van der Waals surface area contributed by atoms with E-state index in [1.54, 1.807) is 14.0 Å². The summed E-state index contributed by atoms with van der Waals surface area (Å²) in [6.07, 6.45) is 1.52. The third-order valence-electron chi connectivity index (χ3n) is 5.05. The lowest BCUT2D eigenvalue weighted by Gasteiger charge is -2.11. The number of hydrogen-bond donors (Lipinski definition) is 2. The Balaban J connectivity index is 1.53. The van der Waals surface area contributed by atoms with Crippen molar-refractivity contribution in [2.75, 3.05) is 12.8 Å². The Hall–Kier alpha value is -4.07. The molecule has 0 atom stereocenters. The van der Waals surface area contributed by atoms with Crippen LogP contribution in [0.3, 0.4) is 0 Å². The van der Waals surface area contributed by atoms with Crippen LogP contribution in [-0.2, 0) is 6.54 Å². The van der Waals surface area contributed by atoms with Crippen LogP contribution < -0.4 is 15.9 Å². The third-order valence-corrected chi connectivity index (χ3v) is 6.20. The molecule has 0 saturated heterocycles. The molecule has 0 bridgehead atoms. The Bertz CT molecular complexity index is 1390. The number of amides is 1. The van der Waals surface area contributed by atoms with Gasteiger partial charge in [-0.05, 0) is 70.8 Å². The molecule has 0 saturated carbocycles. The van der Waals surface area contributed by atoms with Crippen LogP contribution in [-0.4, -0.2) is 54.3 Å². The summed E-state index contributed by atoms with van der Waals surface area (Å²) in [6.45, 7) is 6.06. The summed E-state index contributed by atoms with van der Waals surface area (Å²) in [4.78, 5) is 12.7. The van der Waals surface area contributed by atoms with Gasteiger partial charge in [0.25, 0.3) is 5.91 Å². The van der Waals surface area contributed by atoms with Gasteiger partial charge in [0.1, 0.15) is 5.75 Å². The molecular formula is C20H21BrN10O3. The number of nitrogen functional groups attached to an aromatic ring is 1. The normalized spacial score (nSPS) is 11.3. The van der Waals surface area contributed by atoms with E-state index in [1.807, 2.05) is 36.7 Å². The van der Waals surface area contributed by atoms with E-state index in [2.05, 4.69) is 56.8 Å². The van der Waals surface area contributed by atoms with E-state index in [-0.39, 0.29) is 17.3 Å². The van der Waals surface area contributed by atoms with Crippen molar-refractivity contribution in [3.63, 3.8) is 0 Å². The number of nitrogens with zero attached hydrogens (tertiary/aromatic N) is 8. The summed E-state index contributed by atoms with van der Waals surface area (Å²) in [6, 6.07) is 5.58. The molecule has 4 aromatic rings. The van der Waals surface area contributed by atoms with Gasteiger partial charge in [0, 0.05) is 5.56 Å². The minimum Gasteiger partial charge on any atom is -0.496 e. The van der Waals surface area contributed by atoms with Crippen molar-refractivity contribution in [1.29, 1.82) is 0 Å². The number of methoxy groups -OCH3 is 1. The highest BCUT2D eigenvalue weighted by Gasteiger charge is 2.22. The monoisotopic (exact) mass is 528 g/mol. The van der Waals surface area contributed by atoms with E-state index >= 15 is 0 Å². The van der Waals surface area contributed by atoms with Crippen LogP contribution in [0, 0.1) is 20.8 Å². The van der Waals surface area contributed by atoms with Crippen LogP contribution >= 0.6 is 15.9 Å². The largest absolute Gasteiger partial charge is 0.496 e. The second-order valence-electron chi connectivity index (χ2n) is 7.32. The molecule has 0 aliphatic rings. The first-order chi connectivity index (χ1) is 16.3. The summed E-state index contributed by atoms with van der Waals surface area (Å²) in [7, 11) is 1.61. The number of nitrogens with one attached hydrogen (secondary N) is 1. The fourth-order valence-electron chi connectivity index (χ4n) is 3.31. The molecule has 1 amide bonds. The second kappa shape index (κ2) is 9.43. The number of nitrogens with two attached hydrogens (primary N) is 1. The number of carbonyl (C=O) groups excluding carboxylic acids is 1. The molecule has 13 nitrogen and oxygen atoms in total. The maximum absolute atomic E-state index is 12.7. The Morgan fingerprint density at radius 2 is 2.09 bits per heavy atom. The number of hydrogen-bond acceptors (Lipinski definition) is 10. The van der Waals surface area contributed by atoms with Gasteiger partial charge < -0.3 is 10.5 Å². The topological polar surface area (TPSA) is 164 Å². The van der Waals surface area contributed by atoms with Gasteiger partial charge in [-0.25, -0.2) is 10.1 Å². The first-order valence-electron chi connectivity index (χ1n) is 10.0. The fourth-order valence-corrected chi connectivity index (χ4v) is 3.60. The number of hydrazone groups is 1. The maximum Gasteiger partial charge on any atom is 0.292 e. The lowest BCUT2D eigenvalue weighted by atomic mass is 10.1. The summed E-state index contributed by atoms with van der Waals surface area (Å²) in [5.74, 6) is 0.199. The minimum atomic E-state index is -0.553. The number of rotatable bonds is 7. The van der Waals surface area contributed by atoms with Crippen LogP contribution in [0.2, 0.25) is 0 Å². The number of aryl methyl sites for hydroxylation is 2. The number of carbonyl (C=O) groups is 1. The summed E-state index contributed by atoms with van der Waals surface area (Å²) in [5.41, 5.74) is 12.2. The molecule has 3 N–H and O–H groups in total. The number of benzene rings is 1. The Labute approximate surface area is 202 Å². The summed E-state index contributed by atoms with van der Waals surface area (Å²) < 4.78 is 14.1. The predicted octanol–water partition coefficient (Wildman–Crippen LogP) is 1.94. The highest BCUT2D eigenvalue weighted by molar-refractivity contribution is 9.10. The van der Waals surface area contributed by atoms with Crippen molar-refractivity contribution >= 4 is 33.9 Å². The van der Waals surface area contributed by atoms with Crippen molar-refractivity contribution in [2.45, 2.75) is 27.3 Å². The van der Waals surface area contributed by atoms with Gasteiger partial charge in [-0.1, -0.05) is 5.21 Å². The van der Waals surface area contributed by atoms with Crippen LogP contribution in [0.4, 0.5) is 5.82 Å². The summed E-state index contributed by atoms with van der Waals surface area (Å²) in [5, 5.41) is 23.5. The molecule has 0 unspecified atom stereocenters.